The fraction of sp³-hybridized carbons (Fsp3) is 0.333. The van der Waals surface area contributed by atoms with Crippen molar-refractivity contribution in [3.8, 4) is 5.69 Å². The van der Waals surface area contributed by atoms with Crippen molar-refractivity contribution >= 4 is 38.7 Å². The molecule has 2 aromatic carbocycles. The van der Waals surface area contributed by atoms with Crippen LogP contribution in [-0.4, -0.2) is 56.7 Å². The molecule has 0 radical (unpaired) electrons. The molecular weight excluding hydrogens is 504 g/mol. The van der Waals surface area contributed by atoms with E-state index in [1.807, 2.05) is 71.1 Å². The van der Waals surface area contributed by atoms with E-state index in [-0.39, 0.29) is 5.91 Å². The SMILES string of the molecule is CCCCc1nc(N2CCN(C(=O)c3ccccc3Br)CC2)c2c(C)nn(-c3ccccc3)c2n1. The molecule has 35 heavy (non-hydrogen) atoms. The van der Waals surface area contributed by atoms with Gasteiger partial charge in [0.1, 0.15) is 11.6 Å². The van der Waals surface area contributed by atoms with Gasteiger partial charge in [-0.3, -0.25) is 4.79 Å². The Kier molecular flexibility index (Phi) is 6.81. The van der Waals surface area contributed by atoms with Gasteiger partial charge in [0, 0.05) is 37.1 Å². The molecule has 0 spiro atoms. The van der Waals surface area contributed by atoms with E-state index in [2.05, 4.69) is 27.8 Å². The average molecular weight is 533 g/mol. The number of piperazine rings is 1. The molecule has 5 rings (SSSR count). The number of unbranched alkanes of at least 4 members (excludes halogenated alkanes) is 1. The fourth-order valence-corrected chi connectivity index (χ4v) is 5.01. The molecule has 7 nitrogen and oxygen atoms in total. The Balaban J connectivity index is 1.47. The van der Waals surface area contributed by atoms with Gasteiger partial charge in [0.05, 0.1) is 22.3 Å². The highest BCUT2D eigenvalue weighted by Crippen LogP contribution is 2.30. The van der Waals surface area contributed by atoms with Gasteiger partial charge in [-0.15, -0.1) is 0 Å². The van der Waals surface area contributed by atoms with Crippen LogP contribution in [0.1, 0.15) is 41.6 Å². The number of rotatable bonds is 6. The number of para-hydroxylation sites is 1. The molecule has 180 valence electrons. The lowest BCUT2D eigenvalue weighted by molar-refractivity contribution is 0.0745. The van der Waals surface area contributed by atoms with Crippen molar-refractivity contribution in [2.24, 2.45) is 0 Å². The van der Waals surface area contributed by atoms with Gasteiger partial charge in [-0.25, -0.2) is 14.6 Å². The lowest BCUT2D eigenvalue weighted by Gasteiger charge is -2.36. The summed E-state index contributed by atoms with van der Waals surface area (Å²) < 4.78 is 2.76. The van der Waals surface area contributed by atoms with Crippen LogP contribution in [-0.2, 0) is 6.42 Å². The third-order valence-electron chi connectivity index (χ3n) is 6.45. The Bertz CT molecular complexity index is 1340. The van der Waals surface area contributed by atoms with Crippen molar-refractivity contribution in [1.82, 2.24) is 24.6 Å². The van der Waals surface area contributed by atoms with E-state index in [1.54, 1.807) is 0 Å². The zero-order valence-corrected chi connectivity index (χ0v) is 21.7. The van der Waals surface area contributed by atoms with Crippen molar-refractivity contribution in [3.63, 3.8) is 0 Å². The zero-order valence-electron chi connectivity index (χ0n) is 20.1. The van der Waals surface area contributed by atoms with Crippen LogP contribution < -0.4 is 4.90 Å². The fourth-order valence-electron chi connectivity index (χ4n) is 4.56. The van der Waals surface area contributed by atoms with Crippen molar-refractivity contribution in [2.45, 2.75) is 33.1 Å². The number of fused-ring (bicyclic) bond motifs is 1. The van der Waals surface area contributed by atoms with Crippen LogP contribution in [0, 0.1) is 6.92 Å². The number of halogens is 1. The summed E-state index contributed by atoms with van der Waals surface area (Å²) in [6.45, 7) is 6.91. The monoisotopic (exact) mass is 532 g/mol. The predicted octanol–water partition coefficient (Wildman–Crippen LogP) is 5.19. The van der Waals surface area contributed by atoms with Gasteiger partial charge < -0.3 is 9.80 Å². The van der Waals surface area contributed by atoms with Crippen molar-refractivity contribution in [3.05, 3.63) is 76.2 Å². The second-order valence-corrected chi connectivity index (χ2v) is 9.71. The van der Waals surface area contributed by atoms with Gasteiger partial charge in [-0.1, -0.05) is 43.7 Å². The number of benzene rings is 2. The first kappa shape index (κ1) is 23.5. The first-order chi connectivity index (χ1) is 17.1. The Morgan fingerprint density at radius 1 is 0.971 bits per heavy atom. The smallest absolute Gasteiger partial charge is 0.255 e. The predicted molar refractivity (Wildman–Crippen MR) is 142 cm³/mol. The third-order valence-corrected chi connectivity index (χ3v) is 7.15. The van der Waals surface area contributed by atoms with E-state index in [0.717, 1.165) is 57.8 Å². The van der Waals surface area contributed by atoms with Gasteiger partial charge in [0.2, 0.25) is 0 Å². The molecule has 1 amide bonds. The van der Waals surface area contributed by atoms with Gasteiger partial charge in [0.15, 0.2) is 5.65 Å². The number of nitrogens with zero attached hydrogens (tertiary/aromatic N) is 6. The molecular formula is C27H29BrN6O. The minimum absolute atomic E-state index is 0.0571. The molecule has 0 bridgehead atoms. The molecule has 3 heterocycles. The summed E-state index contributed by atoms with van der Waals surface area (Å²) in [5, 5.41) is 5.83. The lowest BCUT2D eigenvalue weighted by Crippen LogP contribution is -2.49. The maximum atomic E-state index is 13.1. The Morgan fingerprint density at radius 3 is 2.40 bits per heavy atom. The topological polar surface area (TPSA) is 67.2 Å². The van der Waals surface area contributed by atoms with Crippen molar-refractivity contribution < 1.29 is 4.79 Å². The summed E-state index contributed by atoms with van der Waals surface area (Å²) in [5.41, 5.74) is 3.44. The number of carbonyl (C=O) groups excluding carboxylic acids is 1. The Hall–Kier alpha value is -3.26. The number of aromatic nitrogens is 4. The van der Waals surface area contributed by atoms with E-state index >= 15 is 0 Å². The summed E-state index contributed by atoms with van der Waals surface area (Å²) in [5.74, 6) is 1.83. The molecule has 0 atom stereocenters. The molecule has 1 saturated heterocycles. The molecule has 1 aliphatic heterocycles. The van der Waals surface area contributed by atoms with Crippen LogP contribution >= 0.6 is 15.9 Å². The van der Waals surface area contributed by atoms with E-state index in [4.69, 9.17) is 15.1 Å². The maximum Gasteiger partial charge on any atom is 0.255 e. The molecule has 2 aromatic heterocycles. The van der Waals surface area contributed by atoms with Crippen LogP contribution in [0.3, 0.4) is 0 Å². The first-order valence-electron chi connectivity index (χ1n) is 12.2. The number of amides is 1. The summed E-state index contributed by atoms with van der Waals surface area (Å²) in [4.78, 5) is 27.3. The van der Waals surface area contributed by atoms with Crippen LogP contribution in [0.2, 0.25) is 0 Å². The van der Waals surface area contributed by atoms with Gasteiger partial charge in [0.25, 0.3) is 5.91 Å². The molecule has 1 aliphatic rings. The van der Waals surface area contributed by atoms with E-state index < -0.39 is 0 Å². The van der Waals surface area contributed by atoms with Crippen LogP contribution in [0.4, 0.5) is 5.82 Å². The van der Waals surface area contributed by atoms with Crippen LogP contribution in [0.15, 0.2) is 59.1 Å². The van der Waals surface area contributed by atoms with E-state index in [9.17, 15) is 4.79 Å². The summed E-state index contributed by atoms with van der Waals surface area (Å²) >= 11 is 3.51. The molecule has 0 N–H and O–H groups in total. The highest BCUT2D eigenvalue weighted by Gasteiger charge is 2.27. The van der Waals surface area contributed by atoms with E-state index in [0.29, 0.717) is 31.7 Å². The minimum atomic E-state index is 0.0571. The van der Waals surface area contributed by atoms with Crippen LogP contribution in [0.5, 0.6) is 0 Å². The summed E-state index contributed by atoms with van der Waals surface area (Å²) in [6, 6.07) is 17.7. The molecule has 0 saturated carbocycles. The van der Waals surface area contributed by atoms with E-state index in [1.165, 1.54) is 0 Å². The molecule has 1 fully saturated rings. The first-order valence-corrected chi connectivity index (χ1v) is 13.0. The van der Waals surface area contributed by atoms with Gasteiger partial charge in [-0.2, -0.15) is 5.10 Å². The third kappa shape index (κ3) is 4.67. The quantitative estimate of drug-likeness (QED) is 0.341. The minimum Gasteiger partial charge on any atom is -0.352 e. The van der Waals surface area contributed by atoms with Gasteiger partial charge >= 0.3 is 0 Å². The number of aryl methyl sites for hydroxylation is 2. The summed E-state index contributed by atoms with van der Waals surface area (Å²) in [7, 11) is 0. The standard InChI is InChI=1S/C27H29BrN6O/c1-3-4-14-23-29-25(24-19(2)31-34(26(24)30-23)20-10-6-5-7-11-20)32-15-17-33(18-16-32)27(35)21-12-8-9-13-22(21)28/h5-13H,3-4,14-18H2,1-2H3. The number of hydrogen-bond donors (Lipinski definition) is 0. The number of carbonyl (C=O) groups is 1. The highest BCUT2D eigenvalue weighted by molar-refractivity contribution is 9.10. The molecule has 0 aliphatic carbocycles. The number of anilines is 1. The normalized spacial score (nSPS) is 14.0. The molecule has 8 heteroatoms. The maximum absolute atomic E-state index is 13.1. The summed E-state index contributed by atoms with van der Waals surface area (Å²) in [6.07, 6.45) is 2.96. The Morgan fingerprint density at radius 2 is 1.69 bits per heavy atom. The molecule has 4 aromatic rings. The largest absolute Gasteiger partial charge is 0.352 e. The second-order valence-electron chi connectivity index (χ2n) is 8.86. The van der Waals surface area contributed by atoms with Crippen LogP contribution in [0.25, 0.3) is 16.7 Å². The lowest BCUT2D eigenvalue weighted by atomic mass is 10.1. The highest BCUT2D eigenvalue weighted by atomic mass is 79.9. The second kappa shape index (κ2) is 10.2. The number of hydrogen-bond acceptors (Lipinski definition) is 5. The molecule has 0 unspecified atom stereocenters. The van der Waals surface area contributed by atoms with Gasteiger partial charge in [-0.05, 0) is 53.5 Å². The Labute approximate surface area is 213 Å². The average Bonchev–Trinajstić information content (AvgIpc) is 3.24. The van der Waals surface area contributed by atoms with Crippen molar-refractivity contribution in [2.75, 3.05) is 31.1 Å². The zero-order chi connectivity index (χ0) is 24.4. The van der Waals surface area contributed by atoms with Crippen molar-refractivity contribution in [1.29, 1.82) is 0 Å².